The Kier molecular flexibility index (Phi) is 4.99. The van der Waals surface area contributed by atoms with Crippen molar-refractivity contribution in [3.63, 3.8) is 0 Å². The standard InChI is InChI=1S/C11H14N3O4S/c1-11(2,3)18-10(16)13-9-12-8(6-19-9)7(5-15)14-17-4/h6H,1-4H3,(H,12,13,16)/b14-7-. The summed E-state index contributed by atoms with van der Waals surface area (Å²) in [5.41, 5.74) is -0.396. The topological polar surface area (TPSA) is 89.9 Å². The van der Waals surface area contributed by atoms with Crippen LogP contribution in [0.4, 0.5) is 9.93 Å². The minimum atomic E-state index is -0.617. The lowest BCUT2D eigenvalue weighted by molar-refractivity contribution is 0.0636. The fourth-order valence-electron chi connectivity index (χ4n) is 1.04. The van der Waals surface area contributed by atoms with Gasteiger partial charge in [-0.1, -0.05) is 5.16 Å². The zero-order chi connectivity index (χ0) is 14.5. The number of hydrogen-bond acceptors (Lipinski definition) is 7. The van der Waals surface area contributed by atoms with Gasteiger partial charge in [0.15, 0.2) is 10.8 Å². The van der Waals surface area contributed by atoms with Gasteiger partial charge >= 0.3 is 6.09 Å². The van der Waals surface area contributed by atoms with Crippen molar-refractivity contribution >= 4 is 34.6 Å². The van der Waals surface area contributed by atoms with Crippen LogP contribution in [0.25, 0.3) is 0 Å². The predicted molar refractivity (Wildman–Crippen MR) is 71.2 cm³/mol. The molecule has 1 radical (unpaired) electrons. The lowest BCUT2D eigenvalue weighted by Crippen LogP contribution is -2.27. The Morgan fingerprint density at radius 1 is 1.53 bits per heavy atom. The van der Waals surface area contributed by atoms with E-state index in [0.717, 1.165) is 11.3 Å². The first-order chi connectivity index (χ1) is 8.85. The van der Waals surface area contributed by atoms with E-state index >= 15 is 0 Å². The molecule has 0 atom stereocenters. The highest BCUT2D eigenvalue weighted by Gasteiger charge is 2.18. The Balaban J connectivity index is 2.73. The normalized spacial score (nSPS) is 11.9. The third-order valence-corrected chi connectivity index (χ3v) is 2.39. The molecule has 103 valence electrons. The number of oxime groups is 1. The van der Waals surface area contributed by atoms with Crippen molar-refractivity contribution in [2.24, 2.45) is 5.16 Å². The Hall–Kier alpha value is -1.96. The van der Waals surface area contributed by atoms with Crippen LogP contribution >= 0.6 is 11.3 Å². The predicted octanol–water partition coefficient (Wildman–Crippen LogP) is 1.95. The smallest absolute Gasteiger partial charge is 0.413 e. The molecule has 1 aromatic rings. The van der Waals surface area contributed by atoms with Crippen molar-refractivity contribution in [2.75, 3.05) is 12.4 Å². The summed E-state index contributed by atoms with van der Waals surface area (Å²) in [4.78, 5) is 30.6. The van der Waals surface area contributed by atoms with Gasteiger partial charge in [-0.2, -0.15) is 0 Å². The monoisotopic (exact) mass is 284 g/mol. The molecule has 0 aromatic carbocycles. The van der Waals surface area contributed by atoms with E-state index in [0.29, 0.717) is 5.13 Å². The average Bonchev–Trinajstić information content (AvgIpc) is 2.71. The summed E-state index contributed by atoms with van der Waals surface area (Å²) in [6.45, 7) is 5.26. The number of aromatic nitrogens is 1. The van der Waals surface area contributed by atoms with E-state index in [1.54, 1.807) is 32.4 Å². The number of nitrogens with one attached hydrogen (secondary N) is 1. The number of ether oxygens (including phenoxy) is 1. The van der Waals surface area contributed by atoms with E-state index in [1.165, 1.54) is 7.11 Å². The maximum absolute atomic E-state index is 11.5. The summed E-state index contributed by atoms with van der Waals surface area (Å²) in [5.74, 6) is 0. The van der Waals surface area contributed by atoms with Crippen LogP contribution in [0.3, 0.4) is 0 Å². The van der Waals surface area contributed by atoms with E-state index in [2.05, 4.69) is 20.3 Å². The van der Waals surface area contributed by atoms with E-state index in [9.17, 15) is 9.59 Å². The van der Waals surface area contributed by atoms with Gasteiger partial charge in [-0.15, -0.1) is 11.3 Å². The SMILES string of the molecule is CO/N=C(/[C]=O)c1csc(NC(=O)OC(C)(C)C)n1. The fourth-order valence-corrected chi connectivity index (χ4v) is 1.72. The molecule has 1 amide bonds. The molecule has 1 heterocycles. The number of hydrogen-bond donors (Lipinski definition) is 1. The molecule has 0 saturated carbocycles. The lowest BCUT2D eigenvalue weighted by atomic mass is 10.2. The molecule has 0 aliphatic rings. The molecule has 0 saturated heterocycles. The second-order valence-electron chi connectivity index (χ2n) is 4.39. The molecule has 1 N–H and O–H groups in total. The molecule has 1 rings (SSSR count). The fraction of sp³-hybridized carbons (Fsp3) is 0.455. The van der Waals surface area contributed by atoms with Crippen molar-refractivity contribution in [2.45, 2.75) is 26.4 Å². The first kappa shape index (κ1) is 15.1. The second kappa shape index (κ2) is 6.28. The van der Waals surface area contributed by atoms with Gasteiger partial charge in [0, 0.05) is 5.38 Å². The van der Waals surface area contributed by atoms with Crippen LogP contribution < -0.4 is 5.32 Å². The number of carbonyl (C=O) groups is 1. The van der Waals surface area contributed by atoms with Crippen LogP contribution in [0.15, 0.2) is 10.5 Å². The molecule has 19 heavy (non-hydrogen) atoms. The first-order valence-corrected chi connectivity index (χ1v) is 6.19. The Labute approximate surface area is 114 Å². The Morgan fingerprint density at radius 2 is 2.21 bits per heavy atom. The lowest BCUT2D eigenvalue weighted by Gasteiger charge is -2.18. The molecule has 0 aliphatic heterocycles. The van der Waals surface area contributed by atoms with Gasteiger partial charge in [-0.25, -0.2) is 9.78 Å². The zero-order valence-corrected chi connectivity index (χ0v) is 11.8. The molecule has 0 aliphatic carbocycles. The van der Waals surface area contributed by atoms with Gasteiger partial charge in [0.25, 0.3) is 6.29 Å². The number of rotatable bonds is 4. The summed E-state index contributed by atoms with van der Waals surface area (Å²) >= 11 is 1.14. The van der Waals surface area contributed by atoms with E-state index in [4.69, 9.17) is 4.74 Å². The zero-order valence-electron chi connectivity index (χ0n) is 11.0. The minimum Gasteiger partial charge on any atom is -0.444 e. The molecular formula is C11H14N3O4S. The molecule has 0 bridgehead atoms. The van der Waals surface area contributed by atoms with Crippen LogP contribution in [-0.4, -0.2) is 35.8 Å². The minimum absolute atomic E-state index is 0.0732. The second-order valence-corrected chi connectivity index (χ2v) is 5.25. The van der Waals surface area contributed by atoms with Crippen molar-refractivity contribution in [3.8, 4) is 0 Å². The van der Waals surface area contributed by atoms with E-state index < -0.39 is 11.7 Å². The maximum Gasteiger partial charge on any atom is 0.413 e. The molecule has 7 nitrogen and oxygen atoms in total. The summed E-state index contributed by atoms with van der Waals surface area (Å²) in [5, 5.41) is 7.76. The number of anilines is 1. The van der Waals surface area contributed by atoms with Gasteiger partial charge in [0.05, 0.1) is 0 Å². The number of carbonyl (C=O) groups excluding carboxylic acids is 2. The van der Waals surface area contributed by atoms with Crippen molar-refractivity contribution < 1.29 is 19.2 Å². The highest BCUT2D eigenvalue weighted by Crippen LogP contribution is 2.17. The molecule has 0 spiro atoms. The van der Waals surface area contributed by atoms with Gasteiger partial charge < -0.3 is 9.57 Å². The number of thiazole rings is 1. The van der Waals surface area contributed by atoms with Gasteiger partial charge in [-0.05, 0) is 20.8 Å². The van der Waals surface area contributed by atoms with Gasteiger partial charge in [-0.3, -0.25) is 10.1 Å². The van der Waals surface area contributed by atoms with Crippen molar-refractivity contribution in [1.29, 1.82) is 0 Å². The molecule has 0 unspecified atom stereocenters. The Bertz CT molecular complexity index is 490. The van der Waals surface area contributed by atoms with Crippen LogP contribution in [0.1, 0.15) is 26.5 Å². The molecular weight excluding hydrogens is 270 g/mol. The van der Waals surface area contributed by atoms with Crippen LogP contribution in [0.2, 0.25) is 0 Å². The third kappa shape index (κ3) is 5.04. The highest BCUT2D eigenvalue weighted by atomic mass is 32.1. The highest BCUT2D eigenvalue weighted by molar-refractivity contribution is 7.14. The van der Waals surface area contributed by atoms with Crippen molar-refractivity contribution in [1.82, 2.24) is 4.98 Å². The van der Waals surface area contributed by atoms with Gasteiger partial charge in [0.1, 0.15) is 18.4 Å². The quantitative estimate of drug-likeness (QED) is 0.674. The van der Waals surface area contributed by atoms with E-state index in [1.807, 2.05) is 0 Å². The summed E-state index contributed by atoms with van der Waals surface area (Å²) in [7, 11) is 1.31. The number of nitrogens with zero attached hydrogens (tertiary/aromatic N) is 2. The summed E-state index contributed by atoms with van der Waals surface area (Å²) in [6, 6.07) is 0. The summed E-state index contributed by atoms with van der Waals surface area (Å²) < 4.78 is 5.07. The van der Waals surface area contributed by atoms with Gasteiger partial charge in [0.2, 0.25) is 0 Å². The number of amides is 1. The summed E-state index contributed by atoms with van der Waals surface area (Å²) in [6.07, 6.45) is 0.982. The van der Waals surface area contributed by atoms with Crippen LogP contribution in [-0.2, 0) is 14.4 Å². The largest absolute Gasteiger partial charge is 0.444 e. The molecule has 0 fully saturated rings. The third-order valence-electron chi connectivity index (χ3n) is 1.63. The van der Waals surface area contributed by atoms with Crippen molar-refractivity contribution in [3.05, 3.63) is 11.1 Å². The molecule has 1 aromatic heterocycles. The first-order valence-electron chi connectivity index (χ1n) is 5.31. The van der Waals surface area contributed by atoms with Crippen LogP contribution in [0.5, 0.6) is 0 Å². The maximum atomic E-state index is 11.5. The molecule has 8 heteroatoms. The van der Waals surface area contributed by atoms with Crippen LogP contribution in [0, 0.1) is 0 Å². The Morgan fingerprint density at radius 3 is 2.74 bits per heavy atom. The average molecular weight is 284 g/mol. The van der Waals surface area contributed by atoms with E-state index in [-0.39, 0.29) is 11.4 Å².